The van der Waals surface area contributed by atoms with E-state index >= 15 is 0 Å². The van der Waals surface area contributed by atoms with Gasteiger partial charge in [0.25, 0.3) is 0 Å². The van der Waals surface area contributed by atoms with Crippen LogP contribution in [0.3, 0.4) is 0 Å². The Morgan fingerprint density at radius 3 is 2.79 bits per heavy atom. The summed E-state index contributed by atoms with van der Waals surface area (Å²) in [6.07, 6.45) is 0.344. The van der Waals surface area contributed by atoms with Gasteiger partial charge in [0.2, 0.25) is 5.91 Å². The molecule has 1 unspecified atom stereocenters. The average molecular weight is 340 g/mol. The Balaban J connectivity index is 1.94. The Bertz CT molecular complexity index is 954. The number of H-pyrrole nitrogens is 1. The lowest BCUT2D eigenvalue weighted by Gasteiger charge is -2.20. The predicted molar refractivity (Wildman–Crippen MR) is 97.1 cm³/mol. The van der Waals surface area contributed by atoms with Gasteiger partial charge in [-0.3, -0.25) is 4.79 Å². The molecule has 1 heterocycles. The molecular formula is C19H18ClN3O. The molecule has 3 rings (SSSR count). The number of halogens is 1. The molecule has 0 radical (unpaired) electrons. The van der Waals surface area contributed by atoms with Crippen molar-refractivity contribution in [3.8, 4) is 6.07 Å². The summed E-state index contributed by atoms with van der Waals surface area (Å²) >= 11 is 6.09. The maximum atomic E-state index is 12.5. The number of nitrogens with zero attached hydrogens (tertiary/aromatic N) is 2. The highest BCUT2D eigenvalue weighted by Crippen LogP contribution is 2.30. The van der Waals surface area contributed by atoms with E-state index in [-0.39, 0.29) is 11.8 Å². The third kappa shape index (κ3) is 2.95. The predicted octanol–water partition coefficient (Wildman–Crippen LogP) is 4.45. The van der Waals surface area contributed by atoms with E-state index in [4.69, 9.17) is 16.9 Å². The van der Waals surface area contributed by atoms with Crippen LogP contribution in [0.1, 0.15) is 24.8 Å². The number of likely N-dealkylation sites (N-methyl/N-ethyl adjacent to an activating group) is 1. The molecule has 0 saturated carbocycles. The topological polar surface area (TPSA) is 59.9 Å². The standard InChI is InChI=1S/C19H18ClN3O/c1-12(19(24)23(2)9-3-8-21)13-4-6-15-16-11-14(20)5-7-17(16)22-18(15)10-13/h4-7,10-12,22H,3,9H2,1-2H3. The van der Waals surface area contributed by atoms with E-state index < -0.39 is 0 Å². The van der Waals surface area contributed by atoms with Gasteiger partial charge in [-0.1, -0.05) is 23.7 Å². The van der Waals surface area contributed by atoms with E-state index in [2.05, 4.69) is 11.1 Å². The van der Waals surface area contributed by atoms with Gasteiger partial charge in [0.05, 0.1) is 18.4 Å². The zero-order valence-electron chi connectivity index (χ0n) is 13.6. The molecule has 0 bridgehead atoms. The highest BCUT2D eigenvalue weighted by atomic mass is 35.5. The number of hydrogen-bond donors (Lipinski definition) is 1. The Hall–Kier alpha value is -2.51. The van der Waals surface area contributed by atoms with Crippen molar-refractivity contribution < 1.29 is 4.79 Å². The number of hydrogen-bond acceptors (Lipinski definition) is 2. The van der Waals surface area contributed by atoms with Crippen molar-refractivity contribution >= 4 is 39.3 Å². The summed E-state index contributed by atoms with van der Waals surface area (Å²) in [4.78, 5) is 17.5. The number of carbonyl (C=O) groups excluding carboxylic acids is 1. The quantitative estimate of drug-likeness (QED) is 0.763. The van der Waals surface area contributed by atoms with Crippen LogP contribution in [0.5, 0.6) is 0 Å². The minimum Gasteiger partial charge on any atom is -0.355 e. The second kappa shape index (κ2) is 6.54. The van der Waals surface area contributed by atoms with Gasteiger partial charge in [0, 0.05) is 40.4 Å². The summed E-state index contributed by atoms with van der Waals surface area (Å²) in [5, 5.41) is 11.5. The van der Waals surface area contributed by atoms with Crippen molar-refractivity contribution in [2.24, 2.45) is 0 Å². The van der Waals surface area contributed by atoms with Crippen LogP contribution in [0.15, 0.2) is 36.4 Å². The van der Waals surface area contributed by atoms with Gasteiger partial charge in [0.1, 0.15) is 0 Å². The number of aromatic nitrogens is 1. The number of benzene rings is 2. The first-order chi connectivity index (χ1) is 11.5. The van der Waals surface area contributed by atoms with Crippen molar-refractivity contribution in [2.45, 2.75) is 19.3 Å². The van der Waals surface area contributed by atoms with Crippen LogP contribution in [-0.2, 0) is 4.79 Å². The molecule has 5 heteroatoms. The molecule has 4 nitrogen and oxygen atoms in total. The summed E-state index contributed by atoms with van der Waals surface area (Å²) in [5.41, 5.74) is 2.97. The van der Waals surface area contributed by atoms with Crippen LogP contribution in [-0.4, -0.2) is 29.4 Å². The van der Waals surface area contributed by atoms with E-state index in [1.54, 1.807) is 11.9 Å². The molecule has 0 saturated heterocycles. The smallest absolute Gasteiger partial charge is 0.229 e. The monoisotopic (exact) mass is 339 g/mol. The Morgan fingerprint density at radius 1 is 1.25 bits per heavy atom. The molecule has 1 amide bonds. The third-order valence-corrected chi connectivity index (χ3v) is 4.63. The number of aromatic amines is 1. The number of amides is 1. The van der Waals surface area contributed by atoms with Crippen molar-refractivity contribution in [3.05, 3.63) is 47.0 Å². The fraction of sp³-hybridized carbons (Fsp3) is 0.263. The molecule has 0 aliphatic rings. The second-order valence-corrected chi connectivity index (χ2v) is 6.45. The fourth-order valence-electron chi connectivity index (χ4n) is 2.96. The van der Waals surface area contributed by atoms with Crippen LogP contribution in [0.4, 0.5) is 0 Å². The van der Waals surface area contributed by atoms with Gasteiger partial charge in [-0.2, -0.15) is 5.26 Å². The maximum absolute atomic E-state index is 12.5. The molecule has 1 aromatic heterocycles. The number of fused-ring (bicyclic) bond motifs is 3. The van der Waals surface area contributed by atoms with Crippen LogP contribution in [0.2, 0.25) is 5.02 Å². The van der Waals surface area contributed by atoms with Crippen molar-refractivity contribution in [1.82, 2.24) is 9.88 Å². The highest BCUT2D eigenvalue weighted by Gasteiger charge is 2.19. The first-order valence-corrected chi connectivity index (χ1v) is 8.22. The molecule has 0 spiro atoms. The summed E-state index contributed by atoms with van der Waals surface area (Å²) in [7, 11) is 1.74. The van der Waals surface area contributed by atoms with E-state index in [0.29, 0.717) is 18.0 Å². The largest absolute Gasteiger partial charge is 0.355 e. The molecule has 0 fully saturated rings. The molecule has 3 aromatic rings. The van der Waals surface area contributed by atoms with Gasteiger partial charge >= 0.3 is 0 Å². The van der Waals surface area contributed by atoms with Gasteiger partial charge in [-0.15, -0.1) is 0 Å². The average Bonchev–Trinajstić information content (AvgIpc) is 2.95. The zero-order valence-corrected chi connectivity index (χ0v) is 14.4. The van der Waals surface area contributed by atoms with Crippen molar-refractivity contribution in [3.63, 3.8) is 0 Å². The van der Waals surface area contributed by atoms with Crippen LogP contribution >= 0.6 is 11.6 Å². The van der Waals surface area contributed by atoms with Gasteiger partial charge in [-0.25, -0.2) is 0 Å². The second-order valence-electron chi connectivity index (χ2n) is 6.01. The first-order valence-electron chi connectivity index (χ1n) is 7.84. The number of nitriles is 1. The van der Waals surface area contributed by atoms with E-state index in [1.165, 1.54) is 0 Å². The zero-order chi connectivity index (χ0) is 17.3. The fourth-order valence-corrected chi connectivity index (χ4v) is 3.14. The van der Waals surface area contributed by atoms with Crippen LogP contribution in [0, 0.1) is 11.3 Å². The minimum atomic E-state index is -0.256. The molecule has 122 valence electrons. The van der Waals surface area contributed by atoms with Gasteiger partial charge in [-0.05, 0) is 36.8 Å². The number of nitrogens with one attached hydrogen (secondary N) is 1. The highest BCUT2D eigenvalue weighted by molar-refractivity contribution is 6.31. The normalized spacial score (nSPS) is 12.2. The van der Waals surface area contributed by atoms with E-state index in [9.17, 15) is 4.79 Å². The minimum absolute atomic E-state index is 0.0174. The first kappa shape index (κ1) is 16.4. The van der Waals surface area contributed by atoms with E-state index in [1.807, 2.05) is 43.3 Å². The third-order valence-electron chi connectivity index (χ3n) is 4.39. The van der Waals surface area contributed by atoms with Crippen molar-refractivity contribution in [1.29, 1.82) is 5.26 Å². The Kier molecular flexibility index (Phi) is 4.46. The molecule has 24 heavy (non-hydrogen) atoms. The number of carbonyl (C=O) groups is 1. The number of rotatable bonds is 4. The Labute approximate surface area is 145 Å². The lowest BCUT2D eigenvalue weighted by Crippen LogP contribution is -2.31. The maximum Gasteiger partial charge on any atom is 0.229 e. The van der Waals surface area contributed by atoms with Crippen LogP contribution < -0.4 is 0 Å². The molecule has 2 aromatic carbocycles. The van der Waals surface area contributed by atoms with Gasteiger partial charge < -0.3 is 9.88 Å². The molecular weight excluding hydrogens is 322 g/mol. The molecule has 0 aliphatic heterocycles. The summed E-state index contributed by atoms with van der Waals surface area (Å²) in [6.45, 7) is 2.35. The van der Waals surface area contributed by atoms with E-state index in [0.717, 1.165) is 27.4 Å². The molecule has 0 aliphatic carbocycles. The lowest BCUT2D eigenvalue weighted by atomic mass is 9.98. The SMILES string of the molecule is CC(C(=O)N(C)CCC#N)c1ccc2c(c1)[nH]c1ccc(Cl)cc12. The van der Waals surface area contributed by atoms with Crippen LogP contribution in [0.25, 0.3) is 21.8 Å². The summed E-state index contributed by atoms with van der Waals surface area (Å²) < 4.78 is 0. The lowest BCUT2D eigenvalue weighted by molar-refractivity contribution is -0.131. The van der Waals surface area contributed by atoms with Gasteiger partial charge in [0.15, 0.2) is 0 Å². The molecule has 1 N–H and O–H groups in total. The van der Waals surface area contributed by atoms with Crippen molar-refractivity contribution in [2.75, 3.05) is 13.6 Å². The Morgan fingerprint density at radius 2 is 2.04 bits per heavy atom. The molecule has 1 atom stereocenters. The summed E-state index contributed by atoms with van der Waals surface area (Å²) in [5.74, 6) is -0.239. The summed E-state index contributed by atoms with van der Waals surface area (Å²) in [6, 6.07) is 13.9.